The van der Waals surface area contributed by atoms with Crippen molar-refractivity contribution in [2.45, 2.75) is 13.0 Å². The molecule has 0 saturated heterocycles. The molecule has 2 aromatic carbocycles. The van der Waals surface area contributed by atoms with Crippen LogP contribution in [0.1, 0.15) is 31.8 Å². The molecule has 0 spiro atoms. The first kappa shape index (κ1) is 18.9. The van der Waals surface area contributed by atoms with Gasteiger partial charge in [-0.1, -0.05) is 30.3 Å². The van der Waals surface area contributed by atoms with Gasteiger partial charge in [-0.2, -0.15) is 0 Å². The van der Waals surface area contributed by atoms with E-state index < -0.39 is 5.92 Å². The second-order valence-electron chi connectivity index (χ2n) is 7.09. The fraction of sp³-hybridized carbons (Fsp3) is 0.208. The van der Waals surface area contributed by atoms with Crippen LogP contribution in [0.5, 0.6) is 11.5 Å². The molecule has 0 N–H and O–H groups in total. The van der Waals surface area contributed by atoms with Crippen LogP contribution in [0, 0.1) is 5.92 Å². The van der Waals surface area contributed by atoms with Crippen molar-refractivity contribution in [3.63, 3.8) is 0 Å². The zero-order chi connectivity index (χ0) is 20.4. The van der Waals surface area contributed by atoms with Crippen molar-refractivity contribution < 1.29 is 23.6 Å². The number of carbonyl (C=O) groups excluding carboxylic acids is 2. The molecule has 0 amide bonds. The van der Waals surface area contributed by atoms with Crippen LogP contribution < -0.4 is 14.0 Å². The summed E-state index contributed by atoms with van der Waals surface area (Å²) in [6.45, 7) is 0.725. The second kappa shape index (κ2) is 7.87. The van der Waals surface area contributed by atoms with Crippen LogP contribution in [-0.2, 0) is 13.0 Å². The lowest BCUT2D eigenvalue weighted by molar-refractivity contribution is -0.688. The molecule has 1 aliphatic carbocycles. The topological polar surface area (TPSA) is 56.5 Å². The number of rotatable bonds is 6. The van der Waals surface area contributed by atoms with Crippen molar-refractivity contribution in [2.24, 2.45) is 5.92 Å². The van der Waals surface area contributed by atoms with Gasteiger partial charge in [-0.05, 0) is 24.1 Å². The van der Waals surface area contributed by atoms with E-state index in [0.29, 0.717) is 29.0 Å². The first-order valence-electron chi connectivity index (χ1n) is 9.47. The minimum atomic E-state index is -0.702. The number of hydrogen-bond acceptors (Lipinski definition) is 4. The van der Waals surface area contributed by atoms with E-state index in [1.807, 2.05) is 35.2 Å². The average molecular weight is 388 g/mol. The minimum Gasteiger partial charge on any atom is -0.493 e. The molecule has 3 aromatic rings. The van der Waals surface area contributed by atoms with Gasteiger partial charge in [0.2, 0.25) is 0 Å². The molecule has 0 aliphatic heterocycles. The number of ether oxygens (including phenoxy) is 2. The van der Waals surface area contributed by atoms with E-state index in [2.05, 4.69) is 12.1 Å². The second-order valence-corrected chi connectivity index (χ2v) is 7.09. The number of fused-ring (bicyclic) bond motifs is 1. The smallest absolute Gasteiger partial charge is 0.174 e. The predicted octanol–water partition coefficient (Wildman–Crippen LogP) is 3.28. The molecule has 5 heteroatoms. The molecular formula is C24H22NO4+. The third-order valence-corrected chi connectivity index (χ3v) is 5.32. The zero-order valence-electron chi connectivity index (χ0n) is 16.4. The Morgan fingerprint density at radius 1 is 1.00 bits per heavy atom. The number of aromatic nitrogens is 1. The Kier molecular flexibility index (Phi) is 5.12. The number of Topliss-reactive ketones (excluding diaryl/α,β-unsaturated/α-hetero) is 2. The molecule has 29 heavy (non-hydrogen) atoms. The van der Waals surface area contributed by atoms with Gasteiger partial charge in [-0.25, -0.2) is 4.57 Å². The molecule has 0 unspecified atom stereocenters. The van der Waals surface area contributed by atoms with E-state index in [-0.39, 0.29) is 11.6 Å². The molecule has 0 fully saturated rings. The van der Waals surface area contributed by atoms with Crippen LogP contribution in [-0.4, -0.2) is 25.8 Å². The molecular weight excluding hydrogens is 366 g/mol. The SMILES string of the molecule is COc1cc2c(cc1OC)C(=O)[C@H](C(=O)c1cc[n+](Cc3ccccc3)cc1)C2. The number of benzene rings is 2. The van der Waals surface area contributed by atoms with E-state index in [0.717, 1.165) is 12.1 Å². The van der Waals surface area contributed by atoms with Crippen molar-refractivity contribution in [1.29, 1.82) is 0 Å². The molecule has 146 valence electrons. The van der Waals surface area contributed by atoms with Crippen LogP contribution in [0.15, 0.2) is 67.0 Å². The van der Waals surface area contributed by atoms with Crippen molar-refractivity contribution in [3.05, 3.63) is 89.2 Å². The number of methoxy groups -OCH3 is 2. The van der Waals surface area contributed by atoms with Gasteiger partial charge in [0.15, 0.2) is 42.0 Å². The summed E-state index contributed by atoms with van der Waals surface area (Å²) in [5, 5.41) is 0. The van der Waals surface area contributed by atoms with E-state index in [9.17, 15) is 9.59 Å². The van der Waals surface area contributed by atoms with Gasteiger partial charge in [0, 0.05) is 28.8 Å². The van der Waals surface area contributed by atoms with Crippen molar-refractivity contribution >= 4 is 11.6 Å². The van der Waals surface area contributed by atoms with E-state index in [4.69, 9.17) is 9.47 Å². The fourth-order valence-corrected chi connectivity index (χ4v) is 3.75. The van der Waals surface area contributed by atoms with Gasteiger partial charge in [-0.15, -0.1) is 0 Å². The zero-order valence-corrected chi connectivity index (χ0v) is 16.4. The maximum absolute atomic E-state index is 13.0. The summed E-state index contributed by atoms with van der Waals surface area (Å²) in [4.78, 5) is 25.9. The molecule has 1 aromatic heterocycles. The molecule has 1 atom stereocenters. The number of hydrogen-bond donors (Lipinski definition) is 0. The predicted molar refractivity (Wildman–Crippen MR) is 108 cm³/mol. The highest BCUT2D eigenvalue weighted by Gasteiger charge is 2.37. The highest BCUT2D eigenvalue weighted by molar-refractivity contribution is 6.18. The highest BCUT2D eigenvalue weighted by Crippen LogP contribution is 2.37. The van der Waals surface area contributed by atoms with Crippen LogP contribution in [0.4, 0.5) is 0 Å². The molecule has 0 bridgehead atoms. The summed E-state index contributed by atoms with van der Waals surface area (Å²) in [7, 11) is 3.08. The third kappa shape index (κ3) is 3.63. The first-order chi connectivity index (χ1) is 14.1. The largest absolute Gasteiger partial charge is 0.493 e. The summed E-state index contributed by atoms with van der Waals surface area (Å²) >= 11 is 0. The summed E-state index contributed by atoms with van der Waals surface area (Å²) in [5.74, 6) is 0.0397. The van der Waals surface area contributed by atoms with Crippen molar-refractivity contribution in [2.75, 3.05) is 14.2 Å². The normalized spacial score (nSPS) is 15.1. The highest BCUT2D eigenvalue weighted by atomic mass is 16.5. The van der Waals surface area contributed by atoms with Gasteiger partial charge in [0.25, 0.3) is 0 Å². The quantitative estimate of drug-likeness (QED) is 0.369. The molecule has 1 aliphatic rings. The van der Waals surface area contributed by atoms with Gasteiger partial charge in [0.05, 0.1) is 20.1 Å². The molecule has 0 radical (unpaired) electrons. The van der Waals surface area contributed by atoms with Crippen LogP contribution in [0.2, 0.25) is 0 Å². The lowest BCUT2D eigenvalue weighted by Gasteiger charge is -2.09. The van der Waals surface area contributed by atoms with Crippen LogP contribution in [0.3, 0.4) is 0 Å². The summed E-state index contributed by atoms with van der Waals surface area (Å²) in [5.41, 5.74) is 3.08. The molecule has 1 heterocycles. The lowest BCUT2D eigenvalue weighted by atomic mass is 9.95. The summed E-state index contributed by atoms with van der Waals surface area (Å²) in [6.07, 6.45) is 4.13. The number of pyridine rings is 1. The fourth-order valence-electron chi connectivity index (χ4n) is 3.75. The van der Waals surface area contributed by atoms with Gasteiger partial charge in [-0.3, -0.25) is 9.59 Å². The Bertz CT molecular complexity index is 1060. The standard InChI is InChI=1S/C24H22NO4/c1-28-21-13-18-12-20(24(27)19(18)14-22(21)29-2)23(26)17-8-10-25(11-9-17)15-16-6-4-3-5-7-16/h3-11,13-14,20H,12,15H2,1-2H3/q+1/t20-/m0/s1. The Morgan fingerprint density at radius 2 is 1.66 bits per heavy atom. The van der Waals surface area contributed by atoms with E-state index >= 15 is 0 Å². The minimum absolute atomic E-state index is 0.156. The maximum atomic E-state index is 13.0. The third-order valence-electron chi connectivity index (χ3n) is 5.32. The van der Waals surface area contributed by atoms with E-state index in [1.165, 1.54) is 12.7 Å². The van der Waals surface area contributed by atoms with Crippen molar-refractivity contribution in [1.82, 2.24) is 0 Å². The average Bonchev–Trinajstić information content (AvgIpc) is 3.09. The first-order valence-corrected chi connectivity index (χ1v) is 9.47. The van der Waals surface area contributed by atoms with E-state index in [1.54, 1.807) is 31.4 Å². The van der Waals surface area contributed by atoms with Gasteiger partial charge < -0.3 is 9.47 Å². The molecule has 4 rings (SSSR count). The van der Waals surface area contributed by atoms with Gasteiger partial charge in [0.1, 0.15) is 0 Å². The van der Waals surface area contributed by atoms with Crippen LogP contribution in [0.25, 0.3) is 0 Å². The Morgan fingerprint density at radius 3 is 2.31 bits per heavy atom. The molecule has 0 saturated carbocycles. The Hall–Kier alpha value is -3.47. The number of nitrogens with zero attached hydrogens (tertiary/aromatic N) is 1. The summed E-state index contributed by atoms with van der Waals surface area (Å²) < 4.78 is 12.6. The Labute approximate surface area is 169 Å². The molecule has 5 nitrogen and oxygen atoms in total. The maximum Gasteiger partial charge on any atom is 0.174 e. The number of carbonyl (C=O) groups is 2. The number of ketones is 2. The van der Waals surface area contributed by atoms with Crippen LogP contribution >= 0.6 is 0 Å². The van der Waals surface area contributed by atoms with Crippen molar-refractivity contribution in [3.8, 4) is 11.5 Å². The Balaban J connectivity index is 1.53. The monoisotopic (exact) mass is 388 g/mol. The van der Waals surface area contributed by atoms with Gasteiger partial charge >= 0.3 is 0 Å². The lowest BCUT2D eigenvalue weighted by Crippen LogP contribution is -2.33. The summed E-state index contributed by atoms with van der Waals surface area (Å²) in [6, 6.07) is 17.1.